The minimum atomic E-state index is -0.987. The highest BCUT2D eigenvalue weighted by atomic mass is 32.2. The van der Waals surface area contributed by atoms with Gasteiger partial charge in [0.2, 0.25) is 0 Å². The van der Waals surface area contributed by atoms with Crippen LogP contribution in [0, 0.1) is 13.8 Å². The second-order valence-corrected chi connectivity index (χ2v) is 6.38. The second kappa shape index (κ2) is 6.01. The number of nitrogens with zero attached hydrogens (tertiary/aromatic N) is 1. The second-order valence-electron chi connectivity index (χ2n) is 5.37. The van der Waals surface area contributed by atoms with Gasteiger partial charge in [0.25, 0.3) is 11.1 Å². The Labute approximate surface area is 142 Å². The Balaban J connectivity index is 2.06. The topological polar surface area (TPSA) is 88.4 Å². The van der Waals surface area contributed by atoms with Gasteiger partial charge >= 0.3 is 5.97 Å². The highest BCUT2D eigenvalue weighted by Gasteiger charge is 2.25. The molecule has 1 aromatic heterocycles. The van der Waals surface area contributed by atoms with Crippen molar-refractivity contribution in [3.05, 3.63) is 57.8 Å². The summed E-state index contributed by atoms with van der Waals surface area (Å²) in [7, 11) is 0. The zero-order valence-electron chi connectivity index (χ0n) is 13.0. The SMILES string of the molecule is Cc1cc(/C=C2\SC(=O)NC2=O)c(C)n1-c1cccc(C(=O)O)c1. The van der Waals surface area contributed by atoms with Crippen LogP contribution in [0.15, 0.2) is 35.2 Å². The summed E-state index contributed by atoms with van der Waals surface area (Å²) in [6.07, 6.45) is 1.67. The summed E-state index contributed by atoms with van der Waals surface area (Å²) >= 11 is 0.869. The van der Waals surface area contributed by atoms with Crippen molar-refractivity contribution in [1.82, 2.24) is 9.88 Å². The number of amides is 2. The van der Waals surface area contributed by atoms with E-state index >= 15 is 0 Å². The van der Waals surface area contributed by atoms with Crippen LogP contribution in [-0.2, 0) is 4.79 Å². The number of aromatic nitrogens is 1. The Kier molecular flexibility index (Phi) is 4.02. The normalized spacial score (nSPS) is 15.8. The zero-order chi connectivity index (χ0) is 17.4. The molecule has 0 bridgehead atoms. The number of aromatic carboxylic acids is 1. The number of carbonyl (C=O) groups is 3. The van der Waals surface area contributed by atoms with Gasteiger partial charge in [0.05, 0.1) is 10.5 Å². The van der Waals surface area contributed by atoms with Gasteiger partial charge in [0.15, 0.2) is 0 Å². The lowest BCUT2D eigenvalue weighted by molar-refractivity contribution is -0.115. The van der Waals surface area contributed by atoms with E-state index in [4.69, 9.17) is 5.11 Å². The van der Waals surface area contributed by atoms with E-state index in [2.05, 4.69) is 5.32 Å². The lowest BCUT2D eigenvalue weighted by Crippen LogP contribution is -2.17. The zero-order valence-corrected chi connectivity index (χ0v) is 13.8. The van der Waals surface area contributed by atoms with Crippen molar-refractivity contribution >= 4 is 35.0 Å². The number of aryl methyl sites for hydroxylation is 1. The van der Waals surface area contributed by atoms with Crippen molar-refractivity contribution in [2.75, 3.05) is 0 Å². The lowest BCUT2D eigenvalue weighted by atomic mass is 10.2. The van der Waals surface area contributed by atoms with Crippen LogP contribution in [-0.4, -0.2) is 26.8 Å². The first kappa shape index (κ1) is 16.1. The maximum Gasteiger partial charge on any atom is 0.335 e. The van der Waals surface area contributed by atoms with E-state index in [9.17, 15) is 14.4 Å². The van der Waals surface area contributed by atoms with E-state index in [1.54, 1.807) is 18.2 Å². The predicted molar refractivity (Wildman–Crippen MR) is 91.3 cm³/mol. The standard InChI is InChI=1S/C17H14N2O4S/c1-9-6-12(8-14-15(20)18-17(23)24-14)10(2)19(9)13-5-3-4-11(7-13)16(21)22/h3-8H,1-2H3,(H,21,22)(H,18,20,23)/b14-8-. The number of benzene rings is 1. The number of hydrogen-bond acceptors (Lipinski definition) is 4. The maximum atomic E-state index is 11.7. The third-order valence-electron chi connectivity index (χ3n) is 3.75. The van der Waals surface area contributed by atoms with E-state index in [1.807, 2.05) is 30.5 Å². The number of carboxylic acid groups (broad SMARTS) is 1. The van der Waals surface area contributed by atoms with Crippen LogP contribution in [0.4, 0.5) is 4.79 Å². The number of hydrogen-bond donors (Lipinski definition) is 2. The third-order valence-corrected chi connectivity index (χ3v) is 4.56. The number of rotatable bonds is 3. The molecule has 0 atom stereocenters. The highest BCUT2D eigenvalue weighted by Crippen LogP contribution is 2.29. The molecule has 0 saturated carbocycles. The molecule has 2 amide bonds. The van der Waals surface area contributed by atoms with E-state index in [0.717, 1.165) is 34.4 Å². The monoisotopic (exact) mass is 342 g/mol. The molecule has 0 spiro atoms. The molecule has 6 nitrogen and oxygen atoms in total. The van der Waals surface area contributed by atoms with Crippen LogP contribution in [0.2, 0.25) is 0 Å². The molecular formula is C17H14N2O4S. The molecule has 0 unspecified atom stereocenters. The molecule has 1 aromatic carbocycles. The van der Waals surface area contributed by atoms with Gasteiger partial charge in [0, 0.05) is 17.1 Å². The van der Waals surface area contributed by atoms with Gasteiger partial charge in [-0.1, -0.05) is 6.07 Å². The molecule has 1 fully saturated rings. The molecule has 2 aromatic rings. The number of carboxylic acids is 1. The quantitative estimate of drug-likeness (QED) is 0.837. The first-order valence-corrected chi connectivity index (χ1v) is 7.96. The van der Waals surface area contributed by atoms with Gasteiger partial charge in [0.1, 0.15) is 0 Å². The largest absolute Gasteiger partial charge is 0.478 e. The average Bonchev–Trinajstić information content (AvgIpc) is 2.98. The molecule has 2 heterocycles. The van der Waals surface area contributed by atoms with E-state index < -0.39 is 11.9 Å². The summed E-state index contributed by atoms with van der Waals surface area (Å²) < 4.78 is 1.91. The Morgan fingerprint density at radius 2 is 2.00 bits per heavy atom. The smallest absolute Gasteiger partial charge is 0.335 e. The van der Waals surface area contributed by atoms with Gasteiger partial charge in [-0.2, -0.15) is 0 Å². The average molecular weight is 342 g/mol. The fourth-order valence-corrected chi connectivity index (χ4v) is 3.34. The Morgan fingerprint density at radius 3 is 2.62 bits per heavy atom. The summed E-state index contributed by atoms with van der Waals surface area (Å²) in [6, 6.07) is 8.54. The summed E-state index contributed by atoms with van der Waals surface area (Å²) in [4.78, 5) is 34.5. The van der Waals surface area contributed by atoms with Crippen LogP contribution < -0.4 is 5.32 Å². The predicted octanol–water partition coefficient (Wildman–Crippen LogP) is 3.12. The number of imide groups is 1. The lowest BCUT2D eigenvalue weighted by Gasteiger charge is -2.10. The molecule has 3 rings (SSSR count). The van der Waals surface area contributed by atoms with Crippen molar-refractivity contribution in [1.29, 1.82) is 0 Å². The van der Waals surface area contributed by atoms with E-state index in [1.165, 1.54) is 6.07 Å². The molecular weight excluding hydrogens is 328 g/mol. The molecule has 2 N–H and O–H groups in total. The fourth-order valence-electron chi connectivity index (χ4n) is 2.67. The Hall–Kier alpha value is -2.80. The van der Waals surface area contributed by atoms with Crippen molar-refractivity contribution in [3.63, 3.8) is 0 Å². The molecule has 0 aliphatic carbocycles. The summed E-state index contributed by atoms with van der Waals surface area (Å²) in [5.41, 5.74) is 3.50. The first-order valence-electron chi connectivity index (χ1n) is 7.14. The first-order chi connectivity index (χ1) is 11.4. The van der Waals surface area contributed by atoms with Crippen molar-refractivity contribution in [3.8, 4) is 5.69 Å². The number of carbonyl (C=O) groups excluding carboxylic acids is 2. The number of nitrogens with one attached hydrogen (secondary N) is 1. The van der Waals surface area contributed by atoms with Crippen LogP contribution in [0.3, 0.4) is 0 Å². The van der Waals surface area contributed by atoms with Crippen LogP contribution >= 0.6 is 11.8 Å². The number of thioether (sulfide) groups is 1. The van der Waals surface area contributed by atoms with Crippen molar-refractivity contribution in [2.45, 2.75) is 13.8 Å². The minimum absolute atomic E-state index is 0.205. The van der Waals surface area contributed by atoms with Gasteiger partial charge in [-0.05, 0) is 61.5 Å². The molecule has 1 aliphatic rings. The van der Waals surface area contributed by atoms with Crippen LogP contribution in [0.1, 0.15) is 27.3 Å². The van der Waals surface area contributed by atoms with Gasteiger partial charge in [-0.25, -0.2) is 4.79 Å². The summed E-state index contributed by atoms with van der Waals surface area (Å²) in [5, 5.41) is 11.0. The van der Waals surface area contributed by atoms with Crippen molar-refractivity contribution < 1.29 is 19.5 Å². The summed E-state index contributed by atoms with van der Waals surface area (Å²) in [5.74, 6) is -1.39. The molecule has 0 radical (unpaired) electrons. The van der Waals surface area contributed by atoms with Gasteiger partial charge in [-0.3, -0.25) is 14.9 Å². The summed E-state index contributed by atoms with van der Waals surface area (Å²) in [6.45, 7) is 3.78. The molecule has 1 aliphatic heterocycles. The van der Waals surface area contributed by atoms with Crippen LogP contribution in [0.25, 0.3) is 11.8 Å². The molecule has 24 heavy (non-hydrogen) atoms. The van der Waals surface area contributed by atoms with Crippen molar-refractivity contribution in [2.24, 2.45) is 0 Å². The molecule has 7 heteroatoms. The minimum Gasteiger partial charge on any atom is -0.478 e. The van der Waals surface area contributed by atoms with E-state index in [-0.39, 0.29) is 10.8 Å². The van der Waals surface area contributed by atoms with Crippen LogP contribution in [0.5, 0.6) is 0 Å². The maximum absolute atomic E-state index is 11.7. The Bertz CT molecular complexity index is 911. The molecule has 1 saturated heterocycles. The van der Waals surface area contributed by atoms with Gasteiger partial charge in [-0.15, -0.1) is 0 Å². The fraction of sp³-hybridized carbons (Fsp3) is 0.118. The highest BCUT2D eigenvalue weighted by molar-refractivity contribution is 8.18. The molecule has 122 valence electrons. The Morgan fingerprint density at radius 1 is 1.25 bits per heavy atom. The van der Waals surface area contributed by atoms with E-state index in [0.29, 0.717) is 4.91 Å². The van der Waals surface area contributed by atoms with Gasteiger partial charge < -0.3 is 9.67 Å². The third kappa shape index (κ3) is 2.85.